The Morgan fingerprint density at radius 2 is 1.48 bits per heavy atom. The number of carboxylic acid groups (broad SMARTS) is 2. The molecule has 0 aliphatic carbocycles. The highest BCUT2D eigenvalue weighted by atomic mass is 32.2. The van der Waals surface area contributed by atoms with Crippen LogP contribution in [-0.4, -0.2) is 36.6 Å². The second kappa shape index (κ2) is 6.94. The minimum atomic E-state index is -4.07. The van der Waals surface area contributed by atoms with Crippen LogP contribution in [0.2, 0.25) is 0 Å². The van der Waals surface area contributed by atoms with Crippen molar-refractivity contribution in [3.05, 3.63) is 59.7 Å². The van der Waals surface area contributed by atoms with E-state index in [0.717, 1.165) is 22.5 Å². The minimum absolute atomic E-state index is 0.285. The zero-order valence-corrected chi connectivity index (χ0v) is 14.4. The van der Waals surface area contributed by atoms with Crippen LogP contribution < -0.4 is 4.31 Å². The molecule has 0 aliphatic rings. The molecule has 0 unspecified atom stereocenters. The molecule has 7 nitrogen and oxygen atoms in total. The Morgan fingerprint density at radius 3 is 1.96 bits per heavy atom. The summed E-state index contributed by atoms with van der Waals surface area (Å²) in [6, 6.07) is 10.9. The standard InChI is InChI=1S/C17H17NO6S/c1-11(2)18(12-6-4-3-5-7-12)25(23,24)13-8-9-14(16(19)20)15(10-13)17(21)22/h3-11H,1-2H3,(H,19,20)(H,21,22). The summed E-state index contributed by atoms with van der Waals surface area (Å²) in [5.74, 6) is -2.95. The van der Waals surface area contributed by atoms with E-state index >= 15 is 0 Å². The largest absolute Gasteiger partial charge is 0.478 e. The normalized spacial score (nSPS) is 11.3. The molecule has 2 rings (SSSR count). The van der Waals surface area contributed by atoms with Crippen molar-refractivity contribution in [2.24, 2.45) is 0 Å². The van der Waals surface area contributed by atoms with Gasteiger partial charge in [0.15, 0.2) is 0 Å². The number of nitrogens with zero attached hydrogens (tertiary/aromatic N) is 1. The topological polar surface area (TPSA) is 112 Å². The van der Waals surface area contributed by atoms with Crippen LogP contribution in [0.15, 0.2) is 53.4 Å². The molecule has 0 aromatic heterocycles. The van der Waals surface area contributed by atoms with Crippen molar-refractivity contribution in [2.45, 2.75) is 24.8 Å². The van der Waals surface area contributed by atoms with Crippen LogP contribution in [0.1, 0.15) is 34.6 Å². The van der Waals surface area contributed by atoms with E-state index in [9.17, 15) is 23.1 Å². The fraction of sp³-hybridized carbons (Fsp3) is 0.176. The summed E-state index contributed by atoms with van der Waals surface area (Å²) in [4.78, 5) is 22.2. The number of aromatic carboxylic acids is 2. The second-order valence-corrected chi connectivity index (χ2v) is 7.36. The van der Waals surface area contributed by atoms with Crippen LogP contribution in [0.25, 0.3) is 0 Å². The van der Waals surface area contributed by atoms with Gasteiger partial charge < -0.3 is 10.2 Å². The molecular formula is C17H17NO6S. The SMILES string of the molecule is CC(C)N(c1ccccc1)S(=O)(=O)c1ccc(C(=O)O)c(C(=O)O)c1. The Kier molecular flexibility index (Phi) is 5.13. The Labute approximate surface area is 145 Å². The Morgan fingerprint density at radius 1 is 0.920 bits per heavy atom. The predicted molar refractivity (Wildman–Crippen MR) is 91.6 cm³/mol. The molecule has 2 aromatic carbocycles. The number of para-hydroxylation sites is 1. The van der Waals surface area contributed by atoms with Crippen LogP contribution in [0.3, 0.4) is 0 Å². The van der Waals surface area contributed by atoms with Crippen LogP contribution in [0, 0.1) is 0 Å². The highest BCUT2D eigenvalue weighted by Gasteiger charge is 2.29. The number of hydrogen-bond donors (Lipinski definition) is 2. The molecule has 0 radical (unpaired) electrons. The van der Waals surface area contributed by atoms with E-state index in [2.05, 4.69) is 0 Å². The summed E-state index contributed by atoms with van der Waals surface area (Å²) in [5.41, 5.74) is -0.621. The lowest BCUT2D eigenvalue weighted by Crippen LogP contribution is -2.37. The monoisotopic (exact) mass is 363 g/mol. The first-order valence-electron chi connectivity index (χ1n) is 7.36. The fourth-order valence-corrected chi connectivity index (χ4v) is 4.14. The lowest BCUT2D eigenvalue weighted by atomic mass is 10.1. The highest BCUT2D eigenvalue weighted by molar-refractivity contribution is 7.92. The smallest absolute Gasteiger partial charge is 0.336 e. The first kappa shape index (κ1) is 18.5. The molecule has 2 aromatic rings. The molecule has 2 N–H and O–H groups in total. The van der Waals surface area contributed by atoms with Crippen molar-refractivity contribution in [2.75, 3.05) is 4.31 Å². The Hall–Kier alpha value is -2.87. The van der Waals surface area contributed by atoms with E-state index < -0.39 is 39.1 Å². The number of carboxylic acids is 2. The number of anilines is 1. The van der Waals surface area contributed by atoms with Gasteiger partial charge in [0.05, 0.1) is 21.7 Å². The zero-order valence-electron chi connectivity index (χ0n) is 13.6. The molecule has 0 amide bonds. The number of carbonyl (C=O) groups is 2. The van der Waals surface area contributed by atoms with Gasteiger partial charge >= 0.3 is 11.9 Å². The average molecular weight is 363 g/mol. The average Bonchev–Trinajstić information content (AvgIpc) is 2.54. The van der Waals surface area contributed by atoms with Gasteiger partial charge in [0.2, 0.25) is 0 Å². The van der Waals surface area contributed by atoms with E-state index in [4.69, 9.17) is 5.11 Å². The van der Waals surface area contributed by atoms with Crippen molar-refractivity contribution < 1.29 is 28.2 Å². The van der Waals surface area contributed by atoms with Gasteiger partial charge in [-0.15, -0.1) is 0 Å². The van der Waals surface area contributed by atoms with Crippen molar-refractivity contribution in [3.63, 3.8) is 0 Å². The first-order chi connectivity index (χ1) is 11.7. The molecule has 0 saturated carbocycles. The van der Waals surface area contributed by atoms with Crippen molar-refractivity contribution in [1.82, 2.24) is 0 Å². The van der Waals surface area contributed by atoms with Gasteiger partial charge in [-0.1, -0.05) is 18.2 Å². The number of rotatable bonds is 6. The predicted octanol–water partition coefficient (Wildman–Crippen LogP) is 2.69. The van der Waals surface area contributed by atoms with Gasteiger partial charge in [0.1, 0.15) is 0 Å². The lowest BCUT2D eigenvalue weighted by molar-refractivity contribution is 0.0651. The molecule has 0 saturated heterocycles. The Balaban J connectivity index is 2.64. The molecule has 0 spiro atoms. The molecule has 0 aliphatic heterocycles. The van der Waals surface area contributed by atoms with E-state index in [1.165, 1.54) is 0 Å². The maximum atomic E-state index is 13.0. The molecule has 8 heteroatoms. The summed E-state index contributed by atoms with van der Waals surface area (Å²) in [7, 11) is -4.07. The van der Waals surface area contributed by atoms with Crippen LogP contribution in [0.4, 0.5) is 5.69 Å². The van der Waals surface area contributed by atoms with Gasteiger partial charge in [0.25, 0.3) is 10.0 Å². The van der Waals surface area contributed by atoms with Crippen LogP contribution in [0.5, 0.6) is 0 Å². The van der Waals surface area contributed by atoms with E-state index in [-0.39, 0.29) is 4.90 Å². The third-order valence-corrected chi connectivity index (χ3v) is 5.49. The van der Waals surface area contributed by atoms with Gasteiger partial charge in [-0.2, -0.15) is 0 Å². The molecule has 0 heterocycles. The van der Waals surface area contributed by atoms with Gasteiger partial charge in [0, 0.05) is 6.04 Å². The van der Waals surface area contributed by atoms with Crippen molar-refractivity contribution >= 4 is 27.6 Å². The highest BCUT2D eigenvalue weighted by Crippen LogP contribution is 2.27. The third-order valence-electron chi connectivity index (χ3n) is 3.49. The maximum Gasteiger partial charge on any atom is 0.336 e. The Bertz CT molecular complexity index is 906. The summed E-state index contributed by atoms with van der Waals surface area (Å²) in [6.07, 6.45) is 0. The molecule has 0 bridgehead atoms. The maximum absolute atomic E-state index is 13.0. The van der Waals surface area contributed by atoms with Gasteiger partial charge in [-0.25, -0.2) is 18.0 Å². The number of hydrogen-bond acceptors (Lipinski definition) is 4. The van der Waals surface area contributed by atoms with Crippen molar-refractivity contribution in [1.29, 1.82) is 0 Å². The van der Waals surface area contributed by atoms with E-state index in [0.29, 0.717) is 5.69 Å². The minimum Gasteiger partial charge on any atom is -0.478 e. The van der Waals surface area contributed by atoms with E-state index in [1.807, 2.05) is 0 Å². The van der Waals surface area contributed by atoms with Crippen LogP contribution >= 0.6 is 0 Å². The fourth-order valence-electron chi connectivity index (χ4n) is 2.45. The van der Waals surface area contributed by atoms with Crippen LogP contribution in [-0.2, 0) is 10.0 Å². The van der Waals surface area contributed by atoms with Crippen molar-refractivity contribution in [3.8, 4) is 0 Å². The van der Waals surface area contributed by atoms with Gasteiger partial charge in [-0.3, -0.25) is 4.31 Å². The quantitative estimate of drug-likeness (QED) is 0.816. The summed E-state index contributed by atoms with van der Waals surface area (Å²) >= 11 is 0. The summed E-state index contributed by atoms with van der Waals surface area (Å²) in [5, 5.41) is 18.3. The molecular weight excluding hydrogens is 346 g/mol. The molecule has 25 heavy (non-hydrogen) atoms. The number of benzene rings is 2. The first-order valence-corrected chi connectivity index (χ1v) is 8.80. The molecule has 0 fully saturated rings. The summed E-state index contributed by atoms with van der Waals surface area (Å²) < 4.78 is 27.2. The molecule has 132 valence electrons. The zero-order chi connectivity index (χ0) is 18.8. The lowest BCUT2D eigenvalue weighted by Gasteiger charge is -2.28. The third kappa shape index (κ3) is 3.63. The van der Waals surface area contributed by atoms with Gasteiger partial charge in [-0.05, 0) is 44.2 Å². The second-order valence-electron chi connectivity index (χ2n) is 5.55. The summed E-state index contributed by atoms with van der Waals surface area (Å²) in [6.45, 7) is 3.38. The van der Waals surface area contributed by atoms with E-state index in [1.54, 1.807) is 44.2 Å². The molecule has 0 atom stereocenters. The number of sulfonamides is 1.